The molecule has 1 heterocycles. The standard InChI is InChI=1S/C22H30N2O3/c1-4-6-15-7-9-16(10-8-15)21-18(13-23(3)22(27)17-11-12-17)24(19(21)14-25)20(26)5-2/h4,6-10,17-19,21,25H,5,11-14H2,1-3H3/b6-4+/t18-,19+,21-/m1/s1. The van der Waals surface area contributed by atoms with Gasteiger partial charge in [-0.25, -0.2) is 0 Å². The molecule has 0 aromatic heterocycles. The van der Waals surface area contributed by atoms with Crippen molar-refractivity contribution in [3.8, 4) is 0 Å². The van der Waals surface area contributed by atoms with E-state index in [4.69, 9.17) is 0 Å². The van der Waals surface area contributed by atoms with Gasteiger partial charge in [-0.2, -0.15) is 0 Å². The molecule has 1 aromatic rings. The molecule has 3 rings (SSSR count). The van der Waals surface area contributed by atoms with Crippen molar-refractivity contribution in [1.82, 2.24) is 9.80 Å². The van der Waals surface area contributed by atoms with Crippen molar-refractivity contribution in [2.45, 2.75) is 51.1 Å². The van der Waals surface area contributed by atoms with Crippen molar-refractivity contribution in [1.29, 1.82) is 0 Å². The van der Waals surface area contributed by atoms with Crippen molar-refractivity contribution >= 4 is 17.9 Å². The van der Waals surface area contributed by atoms with Gasteiger partial charge in [-0.05, 0) is 30.9 Å². The summed E-state index contributed by atoms with van der Waals surface area (Å²) in [7, 11) is 1.83. The van der Waals surface area contributed by atoms with Crippen LogP contribution in [-0.4, -0.2) is 59.0 Å². The van der Waals surface area contributed by atoms with Crippen LogP contribution in [0, 0.1) is 5.92 Å². The van der Waals surface area contributed by atoms with E-state index in [0.717, 1.165) is 24.0 Å². The number of rotatable bonds is 7. The van der Waals surface area contributed by atoms with Crippen LogP contribution in [0.1, 0.15) is 50.2 Å². The van der Waals surface area contributed by atoms with E-state index in [-0.39, 0.29) is 42.3 Å². The number of amides is 2. The summed E-state index contributed by atoms with van der Waals surface area (Å²) in [5, 5.41) is 9.95. The van der Waals surface area contributed by atoms with Crippen LogP contribution in [0.4, 0.5) is 0 Å². The van der Waals surface area contributed by atoms with Gasteiger partial charge in [0, 0.05) is 31.8 Å². The molecular formula is C22H30N2O3. The van der Waals surface area contributed by atoms with Crippen LogP contribution in [0.25, 0.3) is 6.08 Å². The smallest absolute Gasteiger partial charge is 0.225 e. The Morgan fingerprint density at radius 2 is 1.89 bits per heavy atom. The van der Waals surface area contributed by atoms with Crippen molar-refractivity contribution in [2.75, 3.05) is 20.2 Å². The summed E-state index contributed by atoms with van der Waals surface area (Å²) in [6.45, 7) is 4.27. The Morgan fingerprint density at radius 1 is 1.22 bits per heavy atom. The number of aliphatic hydroxyl groups excluding tert-OH is 1. The Morgan fingerprint density at radius 3 is 2.41 bits per heavy atom. The van der Waals surface area contributed by atoms with Crippen molar-refractivity contribution in [3.05, 3.63) is 41.5 Å². The summed E-state index contributed by atoms with van der Waals surface area (Å²) in [4.78, 5) is 28.5. The van der Waals surface area contributed by atoms with Gasteiger partial charge >= 0.3 is 0 Å². The van der Waals surface area contributed by atoms with E-state index in [1.54, 1.807) is 9.80 Å². The average Bonchev–Trinajstić information content (AvgIpc) is 3.50. The van der Waals surface area contributed by atoms with Crippen molar-refractivity contribution in [3.63, 3.8) is 0 Å². The van der Waals surface area contributed by atoms with E-state index in [2.05, 4.69) is 24.3 Å². The van der Waals surface area contributed by atoms with Gasteiger partial charge in [0.25, 0.3) is 0 Å². The first kappa shape index (κ1) is 19.6. The molecule has 1 aromatic carbocycles. The van der Waals surface area contributed by atoms with Crippen LogP contribution < -0.4 is 0 Å². The molecule has 1 saturated carbocycles. The fourth-order valence-electron chi connectivity index (χ4n) is 4.18. The number of likely N-dealkylation sites (N-methyl/N-ethyl adjacent to an activating group) is 1. The van der Waals surface area contributed by atoms with Crippen LogP contribution in [-0.2, 0) is 9.59 Å². The van der Waals surface area contributed by atoms with E-state index >= 15 is 0 Å². The maximum atomic E-state index is 12.5. The SMILES string of the molecule is C/C=C/c1ccc([C@@H]2[C@@H](CN(C)C(=O)C3CC3)N(C(=O)CC)[C@H]2CO)cc1. The second-order valence-corrected chi connectivity index (χ2v) is 7.66. The molecule has 27 heavy (non-hydrogen) atoms. The third kappa shape index (κ3) is 3.93. The summed E-state index contributed by atoms with van der Waals surface area (Å²) < 4.78 is 0. The third-order valence-corrected chi connectivity index (χ3v) is 5.77. The highest BCUT2D eigenvalue weighted by molar-refractivity contribution is 5.81. The van der Waals surface area contributed by atoms with Gasteiger partial charge in [-0.1, -0.05) is 43.3 Å². The van der Waals surface area contributed by atoms with E-state index in [9.17, 15) is 14.7 Å². The average molecular weight is 370 g/mol. The maximum Gasteiger partial charge on any atom is 0.225 e. The first-order valence-electron chi connectivity index (χ1n) is 9.91. The molecular weight excluding hydrogens is 340 g/mol. The molecule has 2 aliphatic rings. The molecule has 0 radical (unpaired) electrons. The summed E-state index contributed by atoms with van der Waals surface area (Å²) in [5.41, 5.74) is 2.24. The van der Waals surface area contributed by atoms with Crippen LogP contribution in [0.5, 0.6) is 0 Å². The quantitative estimate of drug-likeness (QED) is 0.803. The Bertz CT molecular complexity index is 709. The molecule has 0 spiro atoms. The molecule has 1 aliphatic heterocycles. The minimum atomic E-state index is -0.223. The van der Waals surface area contributed by atoms with Gasteiger partial charge in [-0.15, -0.1) is 0 Å². The lowest BCUT2D eigenvalue weighted by Crippen LogP contribution is -2.68. The molecule has 1 N–H and O–H groups in total. The lowest BCUT2D eigenvalue weighted by atomic mass is 9.74. The van der Waals surface area contributed by atoms with E-state index in [1.807, 2.05) is 33.0 Å². The molecule has 1 saturated heterocycles. The largest absolute Gasteiger partial charge is 0.394 e. The number of carbonyl (C=O) groups excluding carboxylic acids is 2. The van der Waals surface area contributed by atoms with E-state index < -0.39 is 0 Å². The number of hydrogen-bond acceptors (Lipinski definition) is 3. The minimum Gasteiger partial charge on any atom is -0.394 e. The second-order valence-electron chi connectivity index (χ2n) is 7.66. The van der Waals surface area contributed by atoms with E-state index in [0.29, 0.717) is 13.0 Å². The summed E-state index contributed by atoms with van der Waals surface area (Å²) >= 11 is 0. The number of benzene rings is 1. The topological polar surface area (TPSA) is 60.9 Å². The number of hydrogen-bond donors (Lipinski definition) is 1. The number of allylic oxidation sites excluding steroid dienone is 1. The Kier molecular flexibility index (Phi) is 6.00. The molecule has 2 amide bonds. The van der Waals surface area contributed by atoms with Gasteiger partial charge in [0.05, 0.1) is 18.7 Å². The molecule has 0 bridgehead atoms. The number of likely N-dealkylation sites (tertiary alicyclic amines) is 1. The van der Waals surface area contributed by atoms with Crippen LogP contribution in [0.15, 0.2) is 30.3 Å². The van der Waals surface area contributed by atoms with Gasteiger partial charge in [-0.3, -0.25) is 9.59 Å². The monoisotopic (exact) mass is 370 g/mol. The minimum absolute atomic E-state index is 0.0353. The van der Waals surface area contributed by atoms with Crippen LogP contribution in [0.2, 0.25) is 0 Å². The predicted molar refractivity (Wildman–Crippen MR) is 106 cm³/mol. The first-order chi connectivity index (χ1) is 13.0. The number of aliphatic hydroxyl groups is 1. The highest BCUT2D eigenvalue weighted by Gasteiger charge is 2.51. The predicted octanol–water partition coefficient (Wildman–Crippen LogP) is 2.65. The summed E-state index contributed by atoms with van der Waals surface area (Å²) in [6.07, 6.45) is 6.39. The highest BCUT2D eigenvalue weighted by Crippen LogP contribution is 2.42. The lowest BCUT2D eigenvalue weighted by Gasteiger charge is -2.56. The first-order valence-corrected chi connectivity index (χ1v) is 9.91. The van der Waals surface area contributed by atoms with Gasteiger partial charge < -0.3 is 14.9 Å². The van der Waals surface area contributed by atoms with Gasteiger partial charge in [0.15, 0.2) is 0 Å². The molecule has 3 atom stereocenters. The zero-order valence-corrected chi connectivity index (χ0v) is 16.5. The normalized spacial score (nSPS) is 24.7. The molecule has 0 unspecified atom stereocenters. The Balaban J connectivity index is 1.83. The zero-order valence-electron chi connectivity index (χ0n) is 16.5. The lowest BCUT2D eigenvalue weighted by molar-refractivity contribution is -0.154. The molecule has 5 nitrogen and oxygen atoms in total. The zero-order chi connectivity index (χ0) is 19.6. The maximum absolute atomic E-state index is 12.5. The number of nitrogens with zero attached hydrogens (tertiary/aromatic N) is 2. The molecule has 2 fully saturated rings. The Hall–Kier alpha value is -2.14. The van der Waals surface area contributed by atoms with Crippen molar-refractivity contribution < 1.29 is 14.7 Å². The fraction of sp³-hybridized carbons (Fsp3) is 0.545. The molecule has 146 valence electrons. The van der Waals surface area contributed by atoms with Crippen LogP contribution in [0.3, 0.4) is 0 Å². The van der Waals surface area contributed by atoms with Crippen LogP contribution >= 0.6 is 0 Å². The van der Waals surface area contributed by atoms with Crippen molar-refractivity contribution in [2.24, 2.45) is 5.92 Å². The highest BCUT2D eigenvalue weighted by atomic mass is 16.3. The third-order valence-electron chi connectivity index (χ3n) is 5.77. The molecule has 1 aliphatic carbocycles. The summed E-state index contributed by atoms with van der Waals surface area (Å²) in [6, 6.07) is 7.96. The summed E-state index contributed by atoms with van der Waals surface area (Å²) in [5.74, 6) is 0.416. The van der Waals surface area contributed by atoms with Gasteiger partial charge in [0.1, 0.15) is 0 Å². The Labute approximate surface area is 161 Å². The number of carbonyl (C=O) groups is 2. The fourth-order valence-corrected chi connectivity index (χ4v) is 4.18. The van der Waals surface area contributed by atoms with Gasteiger partial charge in [0.2, 0.25) is 11.8 Å². The second kappa shape index (κ2) is 8.26. The molecule has 5 heteroatoms. The van der Waals surface area contributed by atoms with E-state index in [1.165, 1.54) is 0 Å².